The maximum Gasteiger partial charge on any atom is 0.251 e. The number of amides is 2. The number of hydrogen-bond donors (Lipinski definition) is 1. The van der Waals surface area contributed by atoms with E-state index in [2.05, 4.69) is 5.32 Å². The Hall–Kier alpha value is -2.56. The van der Waals surface area contributed by atoms with E-state index in [9.17, 15) is 9.59 Å². The van der Waals surface area contributed by atoms with E-state index < -0.39 is 6.04 Å². The fourth-order valence-electron chi connectivity index (χ4n) is 2.90. The number of benzene rings is 2. The monoisotopic (exact) mass is 312 g/mol. The predicted octanol–water partition coefficient (Wildman–Crippen LogP) is 2.20. The topological polar surface area (TPSA) is 58.6 Å². The van der Waals surface area contributed by atoms with Gasteiger partial charge in [-0.2, -0.15) is 0 Å². The maximum atomic E-state index is 12.4. The summed E-state index contributed by atoms with van der Waals surface area (Å²) < 4.78 is 5.20. The molecule has 2 amide bonds. The van der Waals surface area contributed by atoms with Gasteiger partial charge in [-0.15, -0.1) is 0 Å². The standard InChI is InChI=1S/C18H20N2O3/c1-20-9-3-4-16(18(20)22)19-17(21)14-6-5-13-11-15(23-2)8-7-12(13)10-14/h5-8,10-11,16H,3-4,9H2,1-2H3,(H,19,21). The second-order valence-electron chi connectivity index (χ2n) is 5.86. The molecule has 1 N–H and O–H groups in total. The third-order valence-corrected chi connectivity index (χ3v) is 4.28. The highest BCUT2D eigenvalue weighted by atomic mass is 16.5. The quantitative estimate of drug-likeness (QED) is 0.945. The molecule has 2 aromatic rings. The molecule has 3 rings (SSSR count). The first-order valence-electron chi connectivity index (χ1n) is 7.72. The first kappa shape index (κ1) is 15.3. The summed E-state index contributed by atoms with van der Waals surface area (Å²) in [5.41, 5.74) is 0.559. The number of carbonyl (C=O) groups excluding carboxylic acids is 2. The van der Waals surface area contributed by atoms with E-state index in [1.54, 1.807) is 25.1 Å². The van der Waals surface area contributed by atoms with Gasteiger partial charge in [0.15, 0.2) is 0 Å². The van der Waals surface area contributed by atoms with Crippen LogP contribution < -0.4 is 10.1 Å². The molecule has 1 unspecified atom stereocenters. The number of piperidine rings is 1. The summed E-state index contributed by atoms with van der Waals surface area (Å²) in [5.74, 6) is 0.553. The minimum Gasteiger partial charge on any atom is -0.497 e. The molecule has 0 aromatic heterocycles. The number of hydrogen-bond acceptors (Lipinski definition) is 3. The molecule has 5 nitrogen and oxygen atoms in total. The molecule has 1 aliphatic rings. The van der Waals surface area contributed by atoms with Crippen LogP contribution in [0.2, 0.25) is 0 Å². The van der Waals surface area contributed by atoms with E-state index in [0.717, 1.165) is 29.5 Å². The molecule has 5 heteroatoms. The van der Waals surface area contributed by atoms with Crippen LogP contribution in [0, 0.1) is 0 Å². The number of nitrogens with one attached hydrogen (secondary N) is 1. The minimum atomic E-state index is -0.423. The van der Waals surface area contributed by atoms with Gasteiger partial charge in [0.25, 0.3) is 5.91 Å². The van der Waals surface area contributed by atoms with E-state index in [1.807, 2.05) is 30.3 Å². The molecule has 1 heterocycles. The van der Waals surface area contributed by atoms with Crippen LogP contribution in [-0.4, -0.2) is 43.5 Å². The lowest BCUT2D eigenvalue weighted by Crippen LogP contribution is -2.50. The second kappa shape index (κ2) is 6.28. The molecule has 1 saturated heterocycles. The van der Waals surface area contributed by atoms with Crippen molar-refractivity contribution in [3.63, 3.8) is 0 Å². The van der Waals surface area contributed by atoms with Crippen LogP contribution in [0.4, 0.5) is 0 Å². The van der Waals surface area contributed by atoms with E-state index >= 15 is 0 Å². The van der Waals surface area contributed by atoms with Crippen molar-refractivity contribution >= 4 is 22.6 Å². The maximum absolute atomic E-state index is 12.4. The summed E-state index contributed by atoms with van der Waals surface area (Å²) in [5, 5.41) is 4.82. The third kappa shape index (κ3) is 3.13. The van der Waals surface area contributed by atoms with E-state index in [0.29, 0.717) is 12.0 Å². The lowest BCUT2D eigenvalue weighted by molar-refractivity contribution is -0.134. The van der Waals surface area contributed by atoms with Crippen molar-refractivity contribution in [2.45, 2.75) is 18.9 Å². The molecule has 2 aromatic carbocycles. The number of carbonyl (C=O) groups is 2. The van der Waals surface area contributed by atoms with Gasteiger partial charge in [-0.3, -0.25) is 9.59 Å². The van der Waals surface area contributed by atoms with Crippen LogP contribution in [0.3, 0.4) is 0 Å². The van der Waals surface area contributed by atoms with Crippen LogP contribution >= 0.6 is 0 Å². The zero-order valence-corrected chi connectivity index (χ0v) is 13.3. The Labute approximate surface area is 135 Å². The van der Waals surface area contributed by atoms with Gasteiger partial charge in [0.1, 0.15) is 11.8 Å². The van der Waals surface area contributed by atoms with Gasteiger partial charge in [-0.25, -0.2) is 0 Å². The summed E-state index contributed by atoms with van der Waals surface area (Å²) in [4.78, 5) is 26.2. The SMILES string of the molecule is COc1ccc2cc(C(=O)NC3CCCN(C)C3=O)ccc2c1. The molecule has 1 atom stereocenters. The summed E-state index contributed by atoms with van der Waals surface area (Å²) in [6.45, 7) is 0.753. The van der Waals surface area contributed by atoms with Crippen LogP contribution in [0.1, 0.15) is 23.2 Å². The van der Waals surface area contributed by atoms with E-state index in [-0.39, 0.29) is 11.8 Å². The van der Waals surface area contributed by atoms with Crippen molar-refractivity contribution in [1.29, 1.82) is 0 Å². The molecule has 0 spiro atoms. The van der Waals surface area contributed by atoms with Gasteiger partial charge in [0.2, 0.25) is 5.91 Å². The van der Waals surface area contributed by atoms with Crippen LogP contribution in [0.5, 0.6) is 5.75 Å². The summed E-state index contributed by atoms with van der Waals surface area (Å²) in [6.07, 6.45) is 1.60. The van der Waals surface area contributed by atoms with Crippen molar-refractivity contribution < 1.29 is 14.3 Å². The van der Waals surface area contributed by atoms with Crippen LogP contribution in [0.15, 0.2) is 36.4 Å². The fraction of sp³-hybridized carbons (Fsp3) is 0.333. The van der Waals surface area contributed by atoms with Gasteiger partial charge in [-0.05, 0) is 47.9 Å². The highest BCUT2D eigenvalue weighted by Crippen LogP contribution is 2.22. The molecule has 120 valence electrons. The van der Waals surface area contributed by atoms with Crippen LogP contribution in [0.25, 0.3) is 10.8 Å². The van der Waals surface area contributed by atoms with Gasteiger partial charge in [-0.1, -0.05) is 12.1 Å². The first-order valence-corrected chi connectivity index (χ1v) is 7.72. The Kier molecular flexibility index (Phi) is 4.19. The lowest BCUT2D eigenvalue weighted by atomic mass is 10.0. The number of likely N-dealkylation sites (tertiary alicyclic amines) is 1. The van der Waals surface area contributed by atoms with Gasteiger partial charge < -0.3 is 15.0 Å². The lowest BCUT2D eigenvalue weighted by Gasteiger charge is -2.29. The normalized spacial score (nSPS) is 18.1. The molecule has 0 saturated carbocycles. The molecule has 1 fully saturated rings. The van der Waals surface area contributed by atoms with Crippen molar-refractivity contribution in [3.8, 4) is 5.75 Å². The number of methoxy groups -OCH3 is 1. The molecule has 0 bridgehead atoms. The zero-order chi connectivity index (χ0) is 16.4. The first-order chi connectivity index (χ1) is 11.1. The van der Waals surface area contributed by atoms with Crippen molar-refractivity contribution in [3.05, 3.63) is 42.0 Å². The molecular formula is C18H20N2O3. The Morgan fingerprint density at radius 3 is 2.74 bits per heavy atom. The molecular weight excluding hydrogens is 292 g/mol. The Morgan fingerprint density at radius 2 is 1.96 bits per heavy atom. The van der Waals surface area contributed by atoms with E-state index in [1.165, 1.54) is 0 Å². The second-order valence-corrected chi connectivity index (χ2v) is 5.86. The number of likely N-dealkylation sites (N-methyl/N-ethyl adjacent to an activating group) is 1. The molecule has 0 radical (unpaired) electrons. The molecule has 0 aliphatic carbocycles. The van der Waals surface area contributed by atoms with Crippen LogP contribution in [-0.2, 0) is 4.79 Å². The number of ether oxygens (including phenoxy) is 1. The summed E-state index contributed by atoms with van der Waals surface area (Å²) in [7, 11) is 3.39. The van der Waals surface area contributed by atoms with E-state index in [4.69, 9.17) is 4.74 Å². The largest absolute Gasteiger partial charge is 0.497 e. The van der Waals surface area contributed by atoms with Crippen molar-refractivity contribution in [2.24, 2.45) is 0 Å². The minimum absolute atomic E-state index is 0.0184. The predicted molar refractivity (Wildman–Crippen MR) is 88.6 cm³/mol. The fourth-order valence-corrected chi connectivity index (χ4v) is 2.90. The van der Waals surface area contributed by atoms with Gasteiger partial charge in [0, 0.05) is 19.2 Å². The molecule has 1 aliphatic heterocycles. The van der Waals surface area contributed by atoms with Gasteiger partial charge >= 0.3 is 0 Å². The average Bonchev–Trinajstić information content (AvgIpc) is 2.58. The smallest absolute Gasteiger partial charge is 0.251 e. The Bertz CT molecular complexity index is 757. The third-order valence-electron chi connectivity index (χ3n) is 4.28. The van der Waals surface area contributed by atoms with Crippen molar-refractivity contribution in [1.82, 2.24) is 10.2 Å². The van der Waals surface area contributed by atoms with Crippen molar-refractivity contribution in [2.75, 3.05) is 20.7 Å². The summed E-state index contributed by atoms with van der Waals surface area (Å²) in [6, 6.07) is 10.8. The summed E-state index contributed by atoms with van der Waals surface area (Å²) >= 11 is 0. The Balaban J connectivity index is 1.79. The zero-order valence-electron chi connectivity index (χ0n) is 13.3. The number of nitrogens with zero attached hydrogens (tertiary/aromatic N) is 1. The highest BCUT2D eigenvalue weighted by Gasteiger charge is 2.27. The number of fused-ring (bicyclic) bond motifs is 1. The number of rotatable bonds is 3. The molecule has 23 heavy (non-hydrogen) atoms. The average molecular weight is 312 g/mol. The Morgan fingerprint density at radius 1 is 1.22 bits per heavy atom. The highest BCUT2D eigenvalue weighted by molar-refractivity contribution is 6.00. The van der Waals surface area contributed by atoms with Gasteiger partial charge in [0.05, 0.1) is 7.11 Å².